The number of para-hydroxylation sites is 1. The van der Waals surface area contributed by atoms with Gasteiger partial charge in [-0.05, 0) is 12.1 Å². The van der Waals surface area contributed by atoms with Crippen molar-refractivity contribution in [2.75, 3.05) is 31.6 Å². The summed E-state index contributed by atoms with van der Waals surface area (Å²) in [7, 11) is 1.49. The van der Waals surface area contributed by atoms with Gasteiger partial charge in [0.25, 0.3) is 17.6 Å². The van der Waals surface area contributed by atoms with E-state index in [2.05, 4.69) is 0 Å². The topological polar surface area (TPSA) is 108 Å². The fourth-order valence-electron chi connectivity index (χ4n) is 2.17. The minimum absolute atomic E-state index is 0.178. The zero-order valence-electron chi connectivity index (χ0n) is 13.0. The third-order valence-corrected chi connectivity index (χ3v) is 3.51. The SMILES string of the molecule is CN(CCC#N)C(=O)COC(=O)CN1C(=O)C(=O)c2ccccc21. The number of fused-ring (bicyclic) bond motifs is 1. The van der Waals surface area contributed by atoms with E-state index in [-0.39, 0.29) is 18.5 Å². The number of rotatable bonds is 6. The lowest BCUT2D eigenvalue weighted by Gasteiger charge is -2.17. The molecule has 1 aliphatic rings. The van der Waals surface area contributed by atoms with E-state index < -0.39 is 36.7 Å². The molecule has 0 N–H and O–H groups in total. The van der Waals surface area contributed by atoms with Crippen molar-refractivity contribution in [1.29, 1.82) is 5.26 Å². The molecule has 1 aromatic carbocycles. The highest BCUT2D eigenvalue weighted by Crippen LogP contribution is 2.28. The van der Waals surface area contributed by atoms with E-state index in [1.165, 1.54) is 18.0 Å². The number of nitriles is 1. The van der Waals surface area contributed by atoms with Gasteiger partial charge in [-0.2, -0.15) is 5.26 Å². The number of likely N-dealkylation sites (N-methyl/N-ethyl adjacent to an activating group) is 1. The molecule has 0 spiro atoms. The largest absolute Gasteiger partial charge is 0.454 e. The van der Waals surface area contributed by atoms with E-state index >= 15 is 0 Å². The number of hydrogen-bond acceptors (Lipinski definition) is 6. The van der Waals surface area contributed by atoms with Gasteiger partial charge in [-0.25, -0.2) is 0 Å². The Balaban J connectivity index is 1.92. The lowest BCUT2D eigenvalue weighted by atomic mass is 10.1. The van der Waals surface area contributed by atoms with Gasteiger partial charge in [0.15, 0.2) is 6.61 Å². The fourth-order valence-corrected chi connectivity index (χ4v) is 2.17. The van der Waals surface area contributed by atoms with Crippen molar-refractivity contribution in [3.05, 3.63) is 29.8 Å². The average Bonchev–Trinajstić information content (AvgIpc) is 2.82. The molecule has 24 heavy (non-hydrogen) atoms. The van der Waals surface area contributed by atoms with Crippen LogP contribution in [0.15, 0.2) is 24.3 Å². The predicted octanol–water partition coefficient (Wildman–Crippen LogP) is 0.131. The third kappa shape index (κ3) is 3.57. The van der Waals surface area contributed by atoms with Crippen molar-refractivity contribution >= 4 is 29.3 Å². The fraction of sp³-hybridized carbons (Fsp3) is 0.312. The minimum Gasteiger partial charge on any atom is -0.454 e. The molecule has 0 aromatic heterocycles. The summed E-state index contributed by atoms with van der Waals surface area (Å²) in [5, 5.41) is 8.46. The molecule has 0 atom stereocenters. The van der Waals surface area contributed by atoms with Crippen molar-refractivity contribution in [2.45, 2.75) is 6.42 Å². The summed E-state index contributed by atoms with van der Waals surface area (Å²) in [5.74, 6) is -2.73. The number of Topliss-reactive ketones (excluding diaryl/α,β-unsaturated/α-hetero) is 1. The van der Waals surface area contributed by atoms with Gasteiger partial charge in [-0.15, -0.1) is 0 Å². The Kier molecular flexibility index (Phi) is 5.27. The first-order valence-electron chi connectivity index (χ1n) is 7.17. The highest BCUT2D eigenvalue weighted by atomic mass is 16.5. The molecule has 2 rings (SSSR count). The number of anilines is 1. The van der Waals surface area contributed by atoms with E-state index in [4.69, 9.17) is 10.00 Å². The van der Waals surface area contributed by atoms with Crippen LogP contribution >= 0.6 is 0 Å². The van der Waals surface area contributed by atoms with Gasteiger partial charge >= 0.3 is 5.97 Å². The van der Waals surface area contributed by atoms with Crippen molar-refractivity contribution in [3.63, 3.8) is 0 Å². The standard InChI is InChI=1S/C16H15N3O5/c1-18(8-4-7-17)13(20)10-24-14(21)9-19-12-6-3-2-5-11(12)15(22)16(19)23/h2-3,5-6H,4,8-10H2,1H3. The van der Waals surface area contributed by atoms with Crippen LogP contribution < -0.4 is 4.90 Å². The zero-order chi connectivity index (χ0) is 17.7. The Labute approximate surface area is 138 Å². The smallest absolute Gasteiger partial charge is 0.326 e. The number of nitrogens with zero attached hydrogens (tertiary/aromatic N) is 3. The molecule has 0 fully saturated rings. The Morgan fingerprint density at radius 1 is 1.29 bits per heavy atom. The Bertz CT molecular complexity index is 737. The van der Waals surface area contributed by atoms with E-state index in [0.29, 0.717) is 5.69 Å². The average molecular weight is 329 g/mol. The number of carbonyl (C=O) groups is 4. The lowest BCUT2D eigenvalue weighted by molar-refractivity contribution is -0.150. The summed E-state index contributed by atoms with van der Waals surface area (Å²) in [6.45, 7) is -0.700. The summed E-state index contributed by atoms with van der Waals surface area (Å²) < 4.78 is 4.85. The van der Waals surface area contributed by atoms with Crippen LogP contribution in [0.5, 0.6) is 0 Å². The van der Waals surface area contributed by atoms with Crippen molar-refractivity contribution < 1.29 is 23.9 Å². The highest BCUT2D eigenvalue weighted by Gasteiger charge is 2.36. The maximum atomic E-state index is 11.9. The predicted molar refractivity (Wildman–Crippen MR) is 82.0 cm³/mol. The Morgan fingerprint density at radius 3 is 2.71 bits per heavy atom. The molecule has 124 valence electrons. The van der Waals surface area contributed by atoms with Gasteiger partial charge in [0.05, 0.1) is 23.7 Å². The third-order valence-electron chi connectivity index (χ3n) is 3.51. The van der Waals surface area contributed by atoms with E-state index in [1.54, 1.807) is 18.2 Å². The lowest BCUT2D eigenvalue weighted by Crippen LogP contribution is -2.37. The molecule has 8 nitrogen and oxygen atoms in total. The normalized spacial score (nSPS) is 12.6. The molecule has 0 saturated carbocycles. The van der Waals surface area contributed by atoms with Crippen LogP contribution in [0, 0.1) is 11.3 Å². The Morgan fingerprint density at radius 2 is 2.00 bits per heavy atom. The van der Waals surface area contributed by atoms with E-state index in [9.17, 15) is 19.2 Å². The second-order valence-electron chi connectivity index (χ2n) is 5.12. The van der Waals surface area contributed by atoms with Gasteiger partial charge in [0, 0.05) is 13.6 Å². The summed E-state index contributed by atoms with van der Waals surface area (Å²) in [6, 6.07) is 8.25. The molecule has 0 aliphatic carbocycles. The first-order valence-corrected chi connectivity index (χ1v) is 7.17. The van der Waals surface area contributed by atoms with Gasteiger partial charge in [-0.3, -0.25) is 24.1 Å². The van der Waals surface area contributed by atoms with Crippen LogP contribution in [0.4, 0.5) is 5.69 Å². The number of esters is 1. The number of carbonyl (C=O) groups excluding carboxylic acids is 4. The monoisotopic (exact) mass is 329 g/mol. The Hall–Kier alpha value is -3.21. The van der Waals surface area contributed by atoms with Gasteiger partial charge in [0.2, 0.25) is 0 Å². The molecular formula is C16H15N3O5. The van der Waals surface area contributed by atoms with Gasteiger partial charge < -0.3 is 9.64 Å². The first kappa shape index (κ1) is 17.1. The summed E-state index contributed by atoms with van der Waals surface area (Å²) in [6.07, 6.45) is 0.178. The van der Waals surface area contributed by atoms with Crippen molar-refractivity contribution in [1.82, 2.24) is 4.90 Å². The number of ketones is 1. The molecule has 0 saturated heterocycles. The molecule has 1 aromatic rings. The summed E-state index contributed by atoms with van der Waals surface area (Å²) >= 11 is 0. The molecular weight excluding hydrogens is 314 g/mol. The maximum Gasteiger partial charge on any atom is 0.326 e. The number of hydrogen-bond donors (Lipinski definition) is 0. The van der Waals surface area contributed by atoms with E-state index in [0.717, 1.165) is 4.90 Å². The molecule has 2 amide bonds. The maximum absolute atomic E-state index is 11.9. The van der Waals surface area contributed by atoms with Crippen LogP contribution in [0.1, 0.15) is 16.8 Å². The van der Waals surface area contributed by atoms with Crippen LogP contribution in [-0.4, -0.2) is 55.2 Å². The van der Waals surface area contributed by atoms with Crippen LogP contribution in [0.3, 0.4) is 0 Å². The van der Waals surface area contributed by atoms with Gasteiger partial charge in [-0.1, -0.05) is 12.1 Å². The highest BCUT2D eigenvalue weighted by molar-refractivity contribution is 6.52. The van der Waals surface area contributed by atoms with Crippen LogP contribution in [0.25, 0.3) is 0 Å². The first-order chi connectivity index (χ1) is 11.5. The number of amides is 2. The van der Waals surface area contributed by atoms with Crippen LogP contribution in [0.2, 0.25) is 0 Å². The molecule has 1 aliphatic heterocycles. The number of benzene rings is 1. The summed E-state index contributed by atoms with van der Waals surface area (Å²) in [5.41, 5.74) is 0.588. The van der Waals surface area contributed by atoms with Crippen molar-refractivity contribution in [2.24, 2.45) is 0 Å². The van der Waals surface area contributed by atoms with E-state index in [1.807, 2.05) is 6.07 Å². The molecule has 0 radical (unpaired) electrons. The summed E-state index contributed by atoms with van der Waals surface area (Å²) in [4.78, 5) is 49.6. The number of ether oxygens (including phenoxy) is 1. The molecule has 0 bridgehead atoms. The molecule has 0 unspecified atom stereocenters. The minimum atomic E-state index is -0.800. The van der Waals surface area contributed by atoms with Crippen molar-refractivity contribution in [3.8, 4) is 6.07 Å². The molecule has 1 heterocycles. The second kappa shape index (κ2) is 7.37. The zero-order valence-corrected chi connectivity index (χ0v) is 13.0. The van der Waals surface area contributed by atoms with Crippen LogP contribution in [-0.2, 0) is 19.1 Å². The second-order valence-corrected chi connectivity index (χ2v) is 5.12. The quantitative estimate of drug-likeness (QED) is 0.542. The molecule has 8 heteroatoms. The van der Waals surface area contributed by atoms with Gasteiger partial charge in [0.1, 0.15) is 6.54 Å².